The Morgan fingerprint density at radius 3 is 2.11 bits per heavy atom. The molecule has 206 valence electrons. The number of nitrogens with zero attached hydrogens (tertiary/aromatic N) is 1. The number of fused-ring (bicyclic) bond motifs is 8. The lowest BCUT2D eigenvalue weighted by atomic mass is 9.81. The van der Waals surface area contributed by atoms with Crippen LogP contribution in [-0.2, 0) is 6.42 Å². The summed E-state index contributed by atoms with van der Waals surface area (Å²) < 4.78 is 2.54. The number of hydrogen-bond donors (Lipinski definition) is 0. The summed E-state index contributed by atoms with van der Waals surface area (Å²) in [5, 5.41) is 8.23. The maximum absolute atomic E-state index is 2.54. The van der Waals surface area contributed by atoms with Crippen molar-refractivity contribution in [3.8, 4) is 39.1 Å². The monoisotopic (exact) mass is 559 g/mol. The van der Waals surface area contributed by atoms with Gasteiger partial charge in [-0.25, -0.2) is 0 Å². The highest BCUT2D eigenvalue weighted by Gasteiger charge is 2.29. The van der Waals surface area contributed by atoms with Gasteiger partial charge in [-0.05, 0) is 91.9 Å². The molecule has 1 heteroatoms. The fourth-order valence-corrected chi connectivity index (χ4v) is 8.19. The van der Waals surface area contributed by atoms with E-state index in [1.165, 1.54) is 93.5 Å². The Morgan fingerprint density at radius 2 is 1.25 bits per heavy atom. The van der Waals surface area contributed by atoms with Crippen LogP contribution in [-0.4, -0.2) is 4.57 Å². The van der Waals surface area contributed by atoms with Crippen molar-refractivity contribution in [3.05, 3.63) is 145 Å². The molecule has 0 saturated carbocycles. The molecule has 1 unspecified atom stereocenters. The van der Waals surface area contributed by atoms with Gasteiger partial charge < -0.3 is 4.57 Å². The summed E-state index contributed by atoms with van der Waals surface area (Å²) in [5.74, 6) is 0.515. The first-order valence-electron chi connectivity index (χ1n) is 15.7. The largest absolute Gasteiger partial charge is 0.309 e. The maximum atomic E-state index is 2.54. The van der Waals surface area contributed by atoms with Crippen LogP contribution in [0.15, 0.2) is 133 Å². The Labute approximate surface area is 256 Å². The molecule has 0 fully saturated rings. The van der Waals surface area contributed by atoms with Gasteiger partial charge in [-0.3, -0.25) is 0 Å². The highest BCUT2D eigenvalue weighted by Crippen LogP contribution is 2.53. The van der Waals surface area contributed by atoms with Crippen LogP contribution in [0.4, 0.5) is 0 Å². The predicted molar refractivity (Wildman–Crippen MR) is 188 cm³/mol. The van der Waals surface area contributed by atoms with Gasteiger partial charge in [-0.1, -0.05) is 122 Å². The molecule has 1 nitrogen and oxygen atoms in total. The predicted octanol–water partition coefficient (Wildman–Crippen LogP) is 11.6. The Bertz CT molecular complexity index is 2530. The fraction of sp³-hybridized carbons (Fsp3) is 0.0698. The lowest BCUT2D eigenvalue weighted by Crippen LogP contribution is -2.05. The van der Waals surface area contributed by atoms with Crippen molar-refractivity contribution < 1.29 is 0 Å². The quantitative estimate of drug-likeness (QED) is 0.186. The average molecular weight is 560 g/mol. The van der Waals surface area contributed by atoms with Crippen LogP contribution in [0.25, 0.3) is 88.5 Å². The topological polar surface area (TPSA) is 4.93 Å². The van der Waals surface area contributed by atoms with E-state index in [9.17, 15) is 0 Å². The molecule has 1 atom stereocenters. The zero-order valence-corrected chi connectivity index (χ0v) is 24.5. The maximum Gasteiger partial charge on any atom is 0.0626 e. The van der Waals surface area contributed by atoms with Gasteiger partial charge in [0.05, 0.1) is 11.0 Å². The van der Waals surface area contributed by atoms with Gasteiger partial charge in [0.2, 0.25) is 0 Å². The van der Waals surface area contributed by atoms with Crippen LogP contribution in [0.2, 0.25) is 0 Å². The van der Waals surface area contributed by atoms with E-state index in [1.807, 2.05) is 0 Å². The Kier molecular flexibility index (Phi) is 4.82. The molecule has 7 aromatic carbocycles. The van der Waals surface area contributed by atoms with Crippen LogP contribution in [0.1, 0.15) is 18.1 Å². The second-order valence-electron chi connectivity index (χ2n) is 12.5. The molecule has 0 saturated heterocycles. The molecule has 1 heterocycles. The zero-order valence-electron chi connectivity index (χ0n) is 24.5. The summed E-state index contributed by atoms with van der Waals surface area (Å²) in [5.41, 5.74) is 14.4. The van der Waals surface area contributed by atoms with E-state index in [-0.39, 0.29) is 0 Å². The first-order chi connectivity index (χ1) is 21.8. The minimum absolute atomic E-state index is 0.515. The van der Waals surface area contributed by atoms with Gasteiger partial charge in [0.1, 0.15) is 0 Å². The first kappa shape index (κ1) is 24.1. The Hall–Kier alpha value is -5.40. The molecule has 8 aromatic rings. The standard InChI is InChI=1S/C43H29N/c1-26-21-22-29-25-37-32-16-6-5-15-31(32)33-19-10-20-38-40(33)42-41(37)39(36(29)23-26)34-17-7-8-18-35(34)43(42)44(38)30-14-9-13-28(24-30)27-11-3-2-4-12-27/h2-22,24-26H,23H2,1H3. The van der Waals surface area contributed by atoms with Gasteiger partial charge in [0, 0.05) is 27.2 Å². The summed E-state index contributed by atoms with van der Waals surface area (Å²) >= 11 is 0. The number of hydrogen-bond acceptors (Lipinski definition) is 0. The van der Waals surface area contributed by atoms with Crippen molar-refractivity contribution >= 4 is 49.4 Å². The van der Waals surface area contributed by atoms with E-state index in [4.69, 9.17) is 0 Å². The van der Waals surface area contributed by atoms with Crippen LogP contribution < -0.4 is 0 Å². The van der Waals surface area contributed by atoms with Crippen LogP contribution >= 0.6 is 0 Å². The molecule has 0 bridgehead atoms. The lowest BCUT2D eigenvalue weighted by molar-refractivity contribution is 0.722. The van der Waals surface area contributed by atoms with Crippen molar-refractivity contribution in [1.29, 1.82) is 0 Å². The minimum Gasteiger partial charge on any atom is -0.309 e. The third kappa shape index (κ3) is 3.14. The average Bonchev–Trinajstić information content (AvgIpc) is 3.38. The minimum atomic E-state index is 0.515. The summed E-state index contributed by atoms with van der Waals surface area (Å²) in [6.45, 7) is 2.34. The second kappa shape index (κ2) is 8.81. The zero-order chi connectivity index (χ0) is 28.9. The van der Waals surface area contributed by atoms with E-state index in [0.29, 0.717) is 5.92 Å². The van der Waals surface area contributed by atoms with Gasteiger partial charge in [0.15, 0.2) is 0 Å². The number of aromatic nitrogens is 1. The number of rotatable bonds is 2. The van der Waals surface area contributed by atoms with E-state index >= 15 is 0 Å². The SMILES string of the molecule is CC1C=Cc2cc3c4c(c2C1)c1ccccc1c1c4c2c(cccc2n1-c1cccc(-c2ccccc2)c1)-c1ccccc1-3. The second-order valence-corrected chi connectivity index (χ2v) is 12.5. The molecule has 0 N–H and O–H groups in total. The summed E-state index contributed by atoms with van der Waals surface area (Å²) in [6, 6.07) is 47.4. The van der Waals surface area contributed by atoms with Crippen molar-refractivity contribution in [2.24, 2.45) is 5.92 Å². The molecular weight excluding hydrogens is 530 g/mol. The normalized spacial score (nSPS) is 15.0. The first-order valence-corrected chi connectivity index (χ1v) is 15.7. The summed E-state index contributed by atoms with van der Waals surface area (Å²) in [7, 11) is 0. The molecule has 0 radical (unpaired) electrons. The van der Waals surface area contributed by atoms with Gasteiger partial charge in [-0.2, -0.15) is 0 Å². The molecule has 10 rings (SSSR count). The van der Waals surface area contributed by atoms with Crippen molar-refractivity contribution in [3.63, 3.8) is 0 Å². The van der Waals surface area contributed by atoms with Crippen molar-refractivity contribution in [2.45, 2.75) is 13.3 Å². The van der Waals surface area contributed by atoms with E-state index in [2.05, 4.69) is 151 Å². The van der Waals surface area contributed by atoms with E-state index < -0.39 is 0 Å². The van der Waals surface area contributed by atoms with Crippen molar-refractivity contribution in [2.75, 3.05) is 0 Å². The summed E-state index contributed by atoms with van der Waals surface area (Å²) in [6.07, 6.45) is 5.81. The Morgan fingerprint density at radius 1 is 0.545 bits per heavy atom. The van der Waals surface area contributed by atoms with Crippen LogP contribution in [0.3, 0.4) is 0 Å². The third-order valence-electron chi connectivity index (χ3n) is 10.0. The Balaban J connectivity index is 1.48. The third-order valence-corrected chi connectivity index (χ3v) is 10.0. The molecule has 2 aliphatic rings. The molecule has 1 aromatic heterocycles. The fourth-order valence-electron chi connectivity index (χ4n) is 8.19. The molecule has 2 aliphatic carbocycles. The van der Waals surface area contributed by atoms with Gasteiger partial charge in [0.25, 0.3) is 0 Å². The smallest absolute Gasteiger partial charge is 0.0626 e. The van der Waals surface area contributed by atoms with Crippen LogP contribution in [0, 0.1) is 5.92 Å². The summed E-state index contributed by atoms with van der Waals surface area (Å²) in [4.78, 5) is 0. The van der Waals surface area contributed by atoms with Gasteiger partial charge >= 0.3 is 0 Å². The molecule has 44 heavy (non-hydrogen) atoms. The molecule has 0 aliphatic heterocycles. The number of allylic oxidation sites excluding steroid dienone is 1. The van der Waals surface area contributed by atoms with E-state index in [0.717, 1.165) is 6.42 Å². The van der Waals surface area contributed by atoms with Crippen molar-refractivity contribution in [1.82, 2.24) is 4.57 Å². The molecule has 0 amide bonds. The van der Waals surface area contributed by atoms with E-state index in [1.54, 1.807) is 0 Å². The number of benzene rings is 7. The molecule has 0 spiro atoms. The van der Waals surface area contributed by atoms with Gasteiger partial charge in [-0.15, -0.1) is 0 Å². The lowest BCUT2D eigenvalue weighted by Gasteiger charge is -2.23. The van der Waals surface area contributed by atoms with Crippen LogP contribution in [0.5, 0.6) is 0 Å². The molecular formula is C43H29N. The highest BCUT2D eigenvalue weighted by molar-refractivity contribution is 6.38. The highest BCUT2D eigenvalue weighted by atomic mass is 15.0.